The molecule has 1 aliphatic carbocycles. The number of rotatable bonds is 7. The van der Waals surface area contributed by atoms with Gasteiger partial charge in [0.25, 0.3) is 0 Å². The minimum absolute atomic E-state index is 0.558. The Morgan fingerprint density at radius 2 is 1.91 bits per heavy atom. The highest BCUT2D eigenvalue weighted by atomic mass is 16.5. The van der Waals surface area contributed by atoms with E-state index in [1.807, 2.05) is 31.3 Å². The van der Waals surface area contributed by atoms with E-state index in [1.165, 1.54) is 12.0 Å². The van der Waals surface area contributed by atoms with Gasteiger partial charge in [0.05, 0.1) is 7.11 Å². The standard InChI is InChI=1S/C19H23NO2/c1-20-12-16-10-17(16)15-8-9-18(19(11-15)21-2)22-13-14-6-4-3-5-7-14/h3-9,11,16-17,20H,10,12-13H2,1-2H3. The van der Waals surface area contributed by atoms with Crippen molar-refractivity contribution in [3.05, 3.63) is 59.7 Å². The Hall–Kier alpha value is -2.00. The lowest BCUT2D eigenvalue weighted by Crippen LogP contribution is -2.10. The smallest absolute Gasteiger partial charge is 0.161 e. The molecule has 116 valence electrons. The van der Waals surface area contributed by atoms with Crippen LogP contribution in [0, 0.1) is 5.92 Å². The van der Waals surface area contributed by atoms with Crippen molar-refractivity contribution in [3.8, 4) is 11.5 Å². The molecule has 2 unspecified atom stereocenters. The van der Waals surface area contributed by atoms with Crippen molar-refractivity contribution in [1.29, 1.82) is 0 Å². The van der Waals surface area contributed by atoms with Crippen LogP contribution in [0.2, 0.25) is 0 Å². The molecule has 0 spiro atoms. The summed E-state index contributed by atoms with van der Waals surface area (Å²) in [6.07, 6.45) is 1.26. The van der Waals surface area contributed by atoms with Crippen LogP contribution in [0.5, 0.6) is 11.5 Å². The molecule has 0 heterocycles. The average molecular weight is 297 g/mol. The molecule has 2 aromatic rings. The number of benzene rings is 2. The predicted octanol–water partition coefficient (Wildman–Crippen LogP) is 3.60. The van der Waals surface area contributed by atoms with Crippen molar-refractivity contribution >= 4 is 0 Å². The molecule has 1 aliphatic rings. The summed E-state index contributed by atoms with van der Waals surface area (Å²) in [5.74, 6) is 3.04. The van der Waals surface area contributed by atoms with Crippen LogP contribution in [0.15, 0.2) is 48.5 Å². The highest BCUT2D eigenvalue weighted by Gasteiger charge is 2.37. The lowest BCUT2D eigenvalue weighted by molar-refractivity contribution is 0.284. The molecule has 3 nitrogen and oxygen atoms in total. The number of hydrogen-bond donors (Lipinski definition) is 1. The third-order valence-electron chi connectivity index (χ3n) is 4.24. The van der Waals surface area contributed by atoms with Gasteiger partial charge >= 0.3 is 0 Å². The molecule has 3 heteroatoms. The molecule has 22 heavy (non-hydrogen) atoms. The van der Waals surface area contributed by atoms with Crippen LogP contribution in [0.25, 0.3) is 0 Å². The predicted molar refractivity (Wildman–Crippen MR) is 88.5 cm³/mol. The third kappa shape index (κ3) is 3.42. The maximum Gasteiger partial charge on any atom is 0.161 e. The van der Waals surface area contributed by atoms with Gasteiger partial charge in [-0.15, -0.1) is 0 Å². The number of methoxy groups -OCH3 is 1. The summed E-state index contributed by atoms with van der Waals surface area (Å²) in [5.41, 5.74) is 2.51. The highest BCUT2D eigenvalue weighted by molar-refractivity contribution is 5.45. The Morgan fingerprint density at radius 1 is 1.09 bits per heavy atom. The lowest BCUT2D eigenvalue weighted by Gasteiger charge is -2.12. The Kier molecular flexibility index (Phi) is 4.64. The Morgan fingerprint density at radius 3 is 2.64 bits per heavy atom. The zero-order valence-corrected chi connectivity index (χ0v) is 13.2. The van der Waals surface area contributed by atoms with Gasteiger partial charge in [0.15, 0.2) is 11.5 Å². The fourth-order valence-electron chi connectivity index (χ4n) is 2.91. The van der Waals surface area contributed by atoms with Crippen molar-refractivity contribution in [2.75, 3.05) is 20.7 Å². The van der Waals surface area contributed by atoms with Crippen LogP contribution in [-0.4, -0.2) is 20.7 Å². The van der Waals surface area contributed by atoms with Gasteiger partial charge in [-0.25, -0.2) is 0 Å². The minimum atomic E-state index is 0.558. The number of ether oxygens (including phenoxy) is 2. The Bertz CT molecular complexity index is 612. The molecule has 0 amide bonds. The summed E-state index contributed by atoms with van der Waals surface area (Å²) in [6, 6.07) is 16.5. The number of nitrogens with one attached hydrogen (secondary N) is 1. The highest BCUT2D eigenvalue weighted by Crippen LogP contribution is 2.48. The average Bonchev–Trinajstić information content (AvgIpc) is 3.33. The van der Waals surface area contributed by atoms with E-state index >= 15 is 0 Å². The van der Waals surface area contributed by atoms with E-state index in [2.05, 4.69) is 29.6 Å². The monoisotopic (exact) mass is 297 g/mol. The largest absolute Gasteiger partial charge is 0.493 e. The van der Waals surface area contributed by atoms with E-state index in [-0.39, 0.29) is 0 Å². The third-order valence-corrected chi connectivity index (χ3v) is 4.24. The van der Waals surface area contributed by atoms with E-state index < -0.39 is 0 Å². The summed E-state index contributed by atoms with van der Waals surface area (Å²) in [6.45, 7) is 1.64. The molecular formula is C19H23NO2. The number of hydrogen-bond acceptors (Lipinski definition) is 3. The summed E-state index contributed by atoms with van der Waals surface area (Å²) < 4.78 is 11.4. The van der Waals surface area contributed by atoms with Gasteiger partial charge < -0.3 is 14.8 Å². The first kappa shape index (κ1) is 14.9. The van der Waals surface area contributed by atoms with Crippen LogP contribution in [0.1, 0.15) is 23.5 Å². The maximum absolute atomic E-state index is 5.91. The van der Waals surface area contributed by atoms with Gasteiger partial charge in [-0.2, -0.15) is 0 Å². The van der Waals surface area contributed by atoms with E-state index in [0.717, 1.165) is 29.5 Å². The molecule has 0 aliphatic heterocycles. The first-order valence-electron chi connectivity index (χ1n) is 7.81. The summed E-state index contributed by atoms with van der Waals surface area (Å²) in [5, 5.41) is 3.25. The summed E-state index contributed by atoms with van der Waals surface area (Å²) in [7, 11) is 3.71. The second-order valence-corrected chi connectivity index (χ2v) is 5.84. The van der Waals surface area contributed by atoms with E-state index in [0.29, 0.717) is 12.5 Å². The molecule has 0 radical (unpaired) electrons. The second-order valence-electron chi connectivity index (χ2n) is 5.84. The molecular weight excluding hydrogens is 274 g/mol. The van der Waals surface area contributed by atoms with Gasteiger partial charge in [0.1, 0.15) is 6.61 Å². The molecule has 0 saturated heterocycles. The molecule has 2 atom stereocenters. The van der Waals surface area contributed by atoms with Crippen LogP contribution in [0.4, 0.5) is 0 Å². The Labute approximate surface area is 132 Å². The van der Waals surface area contributed by atoms with E-state index in [9.17, 15) is 0 Å². The Balaban J connectivity index is 1.67. The maximum atomic E-state index is 5.91. The van der Waals surface area contributed by atoms with Gasteiger partial charge in [-0.05, 0) is 55.1 Å². The molecule has 1 fully saturated rings. The molecule has 0 bridgehead atoms. The topological polar surface area (TPSA) is 30.5 Å². The zero-order chi connectivity index (χ0) is 15.4. The molecule has 1 N–H and O–H groups in total. The van der Waals surface area contributed by atoms with E-state index in [4.69, 9.17) is 9.47 Å². The van der Waals surface area contributed by atoms with Crippen molar-refractivity contribution in [1.82, 2.24) is 5.32 Å². The molecule has 1 saturated carbocycles. The van der Waals surface area contributed by atoms with Gasteiger partial charge in [-0.1, -0.05) is 36.4 Å². The first-order valence-corrected chi connectivity index (χ1v) is 7.81. The van der Waals surface area contributed by atoms with Gasteiger partial charge in [0.2, 0.25) is 0 Å². The molecule has 0 aromatic heterocycles. The fourth-order valence-corrected chi connectivity index (χ4v) is 2.91. The van der Waals surface area contributed by atoms with Gasteiger partial charge in [0, 0.05) is 0 Å². The van der Waals surface area contributed by atoms with Gasteiger partial charge in [-0.3, -0.25) is 0 Å². The summed E-state index contributed by atoms with van der Waals surface area (Å²) in [4.78, 5) is 0. The van der Waals surface area contributed by atoms with E-state index in [1.54, 1.807) is 7.11 Å². The fraction of sp³-hybridized carbons (Fsp3) is 0.368. The minimum Gasteiger partial charge on any atom is -0.493 e. The van der Waals surface area contributed by atoms with Crippen molar-refractivity contribution in [2.45, 2.75) is 18.9 Å². The summed E-state index contributed by atoms with van der Waals surface area (Å²) >= 11 is 0. The second kappa shape index (κ2) is 6.84. The van der Waals surface area contributed by atoms with Crippen molar-refractivity contribution < 1.29 is 9.47 Å². The zero-order valence-electron chi connectivity index (χ0n) is 13.2. The van der Waals surface area contributed by atoms with Crippen molar-refractivity contribution in [2.24, 2.45) is 5.92 Å². The van der Waals surface area contributed by atoms with Crippen LogP contribution in [-0.2, 0) is 6.61 Å². The lowest BCUT2D eigenvalue weighted by atomic mass is 10.1. The normalized spacial score (nSPS) is 19.7. The van der Waals surface area contributed by atoms with Crippen molar-refractivity contribution in [3.63, 3.8) is 0 Å². The first-order chi connectivity index (χ1) is 10.8. The SMILES string of the molecule is CNCC1CC1c1ccc(OCc2ccccc2)c(OC)c1. The van der Waals surface area contributed by atoms with Crippen LogP contribution >= 0.6 is 0 Å². The molecule has 3 rings (SSSR count). The molecule has 2 aromatic carbocycles. The van der Waals surface area contributed by atoms with Crippen LogP contribution < -0.4 is 14.8 Å². The van der Waals surface area contributed by atoms with Crippen LogP contribution in [0.3, 0.4) is 0 Å². The quantitative estimate of drug-likeness (QED) is 0.847.